The molecule has 2 saturated heterocycles. The third kappa shape index (κ3) is 1.75. The van der Waals surface area contributed by atoms with Crippen LogP contribution in [-0.2, 0) is 0 Å². The summed E-state index contributed by atoms with van der Waals surface area (Å²) < 4.78 is 13.5. The Morgan fingerprint density at radius 1 is 1.19 bits per heavy atom. The van der Waals surface area contributed by atoms with Crippen LogP contribution in [0.2, 0.25) is 0 Å². The molecule has 2 aliphatic heterocycles. The van der Waals surface area contributed by atoms with Gasteiger partial charge in [0.15, 0.2) is 0 Å². The Bertz CT molecular complexity index is 390. The molecule has 3 rings (SSSR count). The van der Waals surface area contributed by atoms with Gasteiger partial charge >= 0.3 is 0 Å². The van der Waals surface area contributed by atoms with Crippen molar-refractivity contribution in [3.8, 4) is 0 Å². The van der Waals surface area contributed by atoms with E-state index < -0.39 is 0 Å². The van der Waals surface area contributed by atoms with Crippen molar-refractivity contribution in [3.05, 3.63) is 35.1 Å². The molecule has 0 saturated carbocycles. The molecule has 2 unspecified atom stereocenters. The van der Waals surface area contributed by atoms with Crippen molar-refractivity contribution < 1.29 is 4.39 Å². The third-order valence-corrected chi connectivity index (χ3v) is 4.14. The lowest BCUT2D eigenvalue weighted by molar-refractivity contribution is 0.362. The fraction of sp³-hybridized carbons (Fsp3) is 0.571. The molecule has 1 aromatic rings. The van der Waals surface area contributed by atoms with E-state index in [2.05, 4.69) is 11.4 Å². The van der Waals surface area contributed by atoms with E-state index in [-0.39, 0.29) is 5.82 Å². The van der Waals surface area contributed by atoms with E-state index in [9.17, 15) is 4.39 Å². The average Bonchev–Trinajstić information content (AvgIpc) is 2.62. The van der Waals surface area contributed by atoms with Gasteiger partial charge in [-0.3, -0.25) is 0 Å². The first-order valence-corrected chi connectivity index (χ1v) is 6.24. The Morgan fingerprint density at radius 3 is 2.50 bits per heavy atom. The highest BCUT2D eigenvalue weighted by Crippen LogP contribution is 2.37. The molecular formula is C14H18FN. The topological polar surface area (TPSA) is 12.0 Å². The molecular weight excluding hydrogens is 201 g/mol. The van der Waals surface area contributed by atoms with Crippen LogP contribution in [-0.4, -0.2) is 12.1 Å². The molecule has 0 amide bonds. The van der Waals surface area contributed by atoms with Crippen LogP contribution in [0.25, 0.3) is 0 Å². The summed E-state index contributed by atoms with van der Waals surface area (Å²) in [6.07, 6.45) is 4.96. The highest BCUT2D eigenvalue weighted by Gasteiger charge is 2.34. The summed E-state index contributed by atoms with van der Waals surface area (Å²) in [6.45, 7) is 1.82. The van der Waals surface area contributed by atoms with Crippen LogP contribution in [0.1, 0.15) is 42.7 Å². The number of hydrogen-bond acceptors (Lipinski definition) is 1. The van der Waals surface area contributed by atoms with Gasteiger partial charge in [-0.05, 0) is 55.7 Å². The largest absolute Gasteiger partial charge is 0.311 e. The summed E-state index contributed by atoms with van der Waals surface area (Å²) in [6, 6.07) is 7.11. The van der Waals surface area contributed by atoms with Crippen LogP contribution in [0.3, 0.4) is 0 Å². The molecule has 2 atom stereocenters. The van der Waals surface area contributed by atoms with Gasteiger partial charge in [-0.15, -0.1) is 0 Å². The van der Waals surface area contributed by atoms with Crippen LogP contribution in [0.15, 0.2) is 18.2 Å². The Balaban J connectivity index is 1.84. The second-order valence-corrected chi connectivity index (χ2v) is 5.31. The van der Waals surface area contributed by atoms with Crippen molar-refractivity contribution in [3.63, 3.8) is 0 Å². The lowest BCUT2D eigenvalue weighted by Crippen LogP contribution is -2.37. The van der Waals surface area contributed by atoms with Gasteiger partial charge in [0.1, 0.15) is 5.82 Å². The van der Waals surface area contributed by atoms with E-state index in [4.69, 9.17) is 0 Å². The highest BCUT2D eigenvalue weighted by atomic mass is 19.1. The first-order chi connectivity index (χ1) is 7.72. The molecule has 2 heteroatoms. The summed E-state index contributed by atoms with van der Waals surface area (Å²) in [4.78, 5) is 0. The zero-order chi connectivity index (χ0) is 11.1. The van der Waals surface area contributed by atoms with Gasteiger partial charge in [-0.2, -0.15) is 0 Å². The molecule has 1 aromatic carbocycles. The number of aryl methyl sites for hydroxylation is 1. The quantitative estimate of drug-likeness (QED) is 0.765. The predicted molar refractivity (Wildman–Crippen MR) is 63.1 cm³/mol. The van der Waals surface area contributed by atoms with Crippen molar-refractivity contribution in [2.24, 2.45) is 0 Å². The Labute approximate surface area is 96.1 Å². The Kier molecular flexibility index (Phi) is 2.47. The number of fused-ring (bicyclic) bond motifs is 2. The standard InChI is InChI=1S/C14H18FN/c1-9-2-3-10(8-14(9)15)11-6-12-4-5-13(7-11)16-12/h2-3,8,11-13,16H,4-7H2,1H3. The minimum atomic E-state index is -0.0524. The number of rotatable bonds is 1. The van der Waals surface area contributed by atoms with Gasteiger partial charge in [0, 0.05) is 12.1 Å². The zero-order valence-corrected chi connectivity index (χ0v) is 9.67. The fourth-order valence-corrected chi connectivity index (χ4v) is 3.19. The van der Waals surface area contributed by atoms with E-state index in [1.807, 2.05) is 13.0 Å². The highest BCUT2D eigenvalue weighted by molar-refractivity contribution is 5.27. The molecule has 0 aliphatic carbocycles. The van der Waals surface area contributed by atoms with Crippen LogP contribution >= 0.6 is 0 Å². The average molecular weight is 219 g/mol. The summed E-state index contributed by atoms with van der Waals surface area (Å²) in [5, 5.41) is 3.62. The minimum absolute atomic E-state index is 0.0524. The normalized spacial score (nSPS) is 33.0. The lowest BCUT2D eigenvalue weighted by atomic mass is 9.86. The van der Waals surface area contributed by atoms with Gasteiger partial charge in [-0.25, -0.2) is 4.39 Å². The number of hydrogen-bond donors (Lipinski definition) is 1. The van der Waals surface area contributed by atoms with Gasteiger partial charge < -0.3 is 5.32 Å². The van der Waals surface area contributed by atoms with Crippen molar-refractivity contribution in [2.75, 3.05) is 0 Å². The Morgan fingerprint density at radius 2 is 1.88 bits per heavy atom. The molecule has 2 fully saturated rings. The molecule has 2 aliphatic rings. The number of nitrogens with one attached hydrogen (secondary N) is 1. The van der Waals surface area contributed by atoms with E-state index in [0.29, 0.717) is 18.0 Å². The first-order valence-electron chi connectivity index (χ1n) is 6.24. The van der Waals surface area contributed by atoms with Crippen LogP contribution < -0.4 is 5.32 Å². The van der Waals surface area contributed by atoms with Crippen molar-refractivity contribution in [2.45, 2.75) is 50.6 Å². The maximum atomic E-state index is 13.5. The van der Waals surface area contributed by atoms with Crippen molar-refractivity contribution in [1.29, 1.82) is 0 Å². The number of benzene rings is 1. The molecule has 86 valence electrons. The van der Waals surface area contributed by atoms with Gasteiger partial charge in [-0.1, -0.05) is 12.1 Å². The first kappa shape index (κ1) is 10.3. The van der Waals surface area contributed by atoms with E-state index >= 15 is 0 Å². The Hall–Kier alpha value is -0.890. The molecule has 1 N–H and O–H groups in total. The molecule has 0 radical (unpaired) electrons. The van der Waals surface area contributed by atoms with Gasteiger partial charge in [0.25, 0.3) is 0 Å². The second kappa shape index (κ2) is 3.85. The lowest BCUT2D eigenvalue weighted by Gasteiger charge is -2.29. The van der Waals surface area contributed by atoms with E-state index in [1.54, 1.807) is 6.07 Å². The smallest absolute Gasteiger partial charge is 0.126 e. The van der Waals surface area contributed by atoms with Crippen molar-refractivity contribution in [1.82, 2.24) is 5.32 Å². The van der Waals surface area contributed by atoms with Crippen LogP contribution in [0, 0.1) is 12.7 Å². The minimum Gasteiger partial charge on any atom is -0.311 e. The van der Waals surface area contributed by atoms with Crippen molar-refractivity contribution >= 4 is 0 Å². The maximum absolute atomic E-state index is 13.5. The van der Waals surface area contributed by atoms with Crippen LogP contribution in [0.5, 0.6) is 0 Å². The molecule has 16 heavy (non-hydrogen) atoms. The number of piperidine rings is 1. The summed E-state index contributed by atoms with van der Waals surface area (Å²) in [7, 11) is 0. The summed E-state index contributed by atoms with van der Waals surface area (Å²) in [5.41, 5.74) is 1.95. The molecule has 1 nitrogen and oxygen atoms in total. The van der Waals surface area contributed by atoms with E-state index in [1.165, 1.54) is 31.2 Å². The summed E-state index contributed by atoms with van der Waals surface area (Å²) in [5.74, 6) is 0.511. The third-order valence-electron chi connectivity index (χ3n) is 4.14. The zero-order valence-electron chi connectivity index (χ0n) is 9.67. The van der Waals surface area contributed by atoms with Crippen LogP contribution in [0.4, 0.5) is 4.39 Å². The van der Waals surface area contributed by atoms with Gasteiger partial charge in [0.2, 0.25) is 0 Å². The van der Waals surface area contributed by atoms with Gasteiger partial charge in [0.05, 0.1) is 0 Å². The molecule has 2 heterocycles. The fourth-order valence-electron chi connectivity index (χ4n) is 3.19. The molecule has 2 bridgehead atoms. The SMILES string of the molecule is Cc1ccc(C2CC3CCC(C2)N3)cc1F. The molecule has 0 spiro atoms. The predicted octanol–water partition coefficient (Wildman–Crippen LogP) is 3.13. The molecule has 0 aromatic heterocycles. The van der Waals surface area contributed by atoms with E-state index in [0.717, 1.165) is 5.56 Å². The second-order valence-electron chi connectivity index (χ2n) is 5.31. The number of halogens is 1. The maximum Gasteiger partial charge on any atom is 0.126 e. The monoisotopic (exact) mass is 219 g/mol. The summed E-state index contributed by atoms with van der Waals surface area (Å²) >= 11 is 0.